The van der Waals surface area contributed by atoms with E-state index in [1.165, 1.54) is 4.90 Å². The normalized spacial score (nSPS) is 21.7. The molecule has 2 aromatic heterocycles. The fourth-order valence-electron chi connectivity index (χ4n) is 1.79. The highest BCUT2D eigenvalue weighted by Crippen LogP contribution is 2.08. The van der Waals surface area contributed by atoms with Crippen LogP contribution in [0.15, 0.2) is 11.1 Å². The SMILES string of the molecule is [2H]C([2H])(N1CCOCC1)C([2H])([2H])n1cnc2nc(Cl)[nH]c(=O)c21. The Balaban J connectivity index is 2.10. The van der Waals surface area contributed by atoms with Crippen molar-refractivity contribution in [3.05, 3.63) is 22.0 Å². The fraction of sp³-hybridized carbons (Fsp3) is 0.545. The van der Waals surface area contributed by atoms with Crippen LogP contribution in [0.5, 0.6) is 0 Å². The summed E-state index contributed by atoms with van der Waals surface area (Å²) in [5, 5.41) is -0.162. The van der Waals surface area contributed by atoms with E-state index in [0.717, 1.165) is 10.9 Å². The van der Waals surface area contributed by atoms with E-state index >= 15 is 0 Å². The summed E-state index contributed by atoms with van der Waals surface area (Å²) < 4.78 is 39.1. The molecule has 0 bridgehead atoms. The predicted molar refractivity (Wildman–Crippen MR) is 70.4 cm³/mol. The molecule has 2 aromatic rings. The maximum Gasteiger partial charge on any atom is 0.278 e. The zero-order valence-corrected chi connectivity index (χ0v) is 10.6. The van der Waals surface area contributed by atoms with E-state index in [-0.39, 0.29) is 29.5 Å². The third-order valence-corrected chi connectivity index (χ3v) is 2.90. The molecular weight excluding hydrogens is 270 g/mol. The zero-order valence-electron chi connectivity index (χ0n) is 13.9. The van der Waals surface area contributed by atoms with E-state index in [9.17, 15) is 4.79 Å². The lowest BCUT2D eigenvalue weighted by molar-refractivity contribution is 0.0365. The molecule has 19 heavy (non-hydrogen) atoms. The van der Waals surface area contributed by atoms with Crippen molar-refractivity contribution in [2.75, 3.05) is 32.8 Å². The molecule has 0 aliphatic carbocycles. The van der Waals surface area contributed by atoms with Gasteiger partial charge in [0.1, 0.15) is 0 Å². The van der Waals surface area contributed by atoms with Gasteiger partial charge in [-0.15, -0.1) is 0 Å². The topological polar surface area (TPSA) is 76.0 Å². The summed E-state index contributed by atoms with van der Waals surface area (Å²) in [7, 11) is 0. The molecule has 0 unspecified atom stereocenters. The number of aromatic amines is 1. The zero-order chi connectivity index (χ0) is 16.8. The maximum absolute atomic E-state index is 12.1. The molecule has 1 aliphatic rings. The van der Waals surface area contributed by atoms with Crippen LogP contribution < -0.4 is 5.56 Å². The molecule has 3 rings (SSSR count). The molecule has 0 atom stereocenters. The highest BCUT2D eigenvalue weighted by molar-refractivity contribution is 6.28. The predicted octanol–water partition coefficient (Wildman–Crippen LogP) is 0.105. The van der Waals surface area contributed by atoms with Gasteiger partial charge in [-0.3, -0.25) is 14.7 Å². The van der Waals surface area contributed by atoms with Gasteiger partial charge in [0.15, 0.2) is 11.2 Å². The van der Waals surface area contributed by atoms with Crippen LogP contribution in [0, 0.1) is 0 Å². The first kappa shape index (κ1) is 8.68. The van der Waals surface area contributed by atoms with Crippen LogP contribution in [0.1, 0.15) is 5.48 Å². The molecule has 8 heteroatoms. The lowest BCUT2D eigenvalue weighted by atomic mass is 10.4. The molecule has 7 nitrogen and oxygen atoms in total. The number of hydrogen-bond acceptors (Lipinski definition) is 5. The van der Waals surface area contributed by atoms with Gasteiger partial charge in [-0.2, -0.15) is 4.98 Å². The minimum Gasteiger partial charge on any atom is -0.379 e. The Morgan fingerprint density at radius 1 is 1.47 bits per heavy atom. The van der Waals surface area contributed by atoms with E-state index in [1.54, 1.807) is 0 Å². The second kappa shape index (κ2) is 5.28. The number of rotatable bonds is 3. The van der Waals surface area contributed by atoms with E-state index < -0.39 is 18.6 Å². The Bertz CT molecular complexity index is 786. The molecule has 102 valence electrons. The van der Waals surface area contributed by atoms with Crippen LogP contribution in [-0.4, -0.2) is 57.2 Å². The van der Waals surface area contributed by atoms with Crippen molar-refractivity contribution in [3.63, 3.8) is 0 Å². The number of nitrogens with zero attached hydrogens (tertiary/aromatic N) is 4. The third kappa shape index (κ3) is 2.63. The van der Waals surface area contributed by atoms with Gasteiger partial charge in [0, 0.05) is 28.8 Å². The summed E-state index contributed by atoms with van der Waals surface area (Å²) in [5.41, 5.74) is -0.893. The summed E-state index contributed by atoms with van der Waals surface area (Å²) in [5.74, 6) is 0. The molecule has 1 N–H and O–H groups in total. The van der Waals surface area contributed by atoms with Gasteiger partial charge in [0.25, 0.3) is 5.56 Å². The monoisotopic (exact) mass is 287 g/mol. The molecule has 3 heterocycles. The average Bonchev–Trinajstić information content (AvgIpc) is 2.92. The van der Waals surface area contributed by atoms with Gasteiger partial charge in [0.2, 0.25) is 5.28 Å². The molecule has 0 amide bonds. The Morgan fingerprint density at radius 3 is 3.05 bits per heavy atom. The highest BCUT2D eigenvalue weighted by atomic mass is 35.5. The van der Waals surface area contributed by atoms with Crippen molar-refractivity contribution >= 4 is 22.8 Å². The molecule has 0 radical (unpaired) electrons. The third-order valence-electron chi connectivity index (χ3n) is 2.72. The maximum atomic E-state index is 12.1. The molecule has 1 saturated heterocycles. The summed E-state index contributed by atoms with van der Waals surface area (Å²) in [6.07, 6.45) is 1.06. The number of ether oxygens (including phenoxy) is 1. The van der Waals surface area contributed by atoms with E-state index in [1.807, 2.05) is 0 Å². The van der Waals surface area contributed by atoms with Gasteiger partial charge < -0.3 is 9.30 Å². The molecular formula is C11H14ClN5O2. The Morgan fingerprint density at radius 2 is 2.26 bits per heavy atom. The molecule has 0 aromatic carbocycles. The van der Waals surface area contributed by atoms with Crippen LogP contribution in [0.3, 0.4) is 0 Å². The van der Waals surface area contributed by atoms with Crippen LogP contribution in [0.25, 0.3) is 11.2 Å². The van der Waals surface area contributed by atoms with Crippen molar-refractivity contribution < 1.29 is 10.2 Å². The van der Waals surface area contributed by atoms with Crippen molar-refractivity contribution in [2.24, 2.45) is 0 Å². The van der Waals surface area contributed by atoms with Gasteiger partial charge in [-0.1, -0.05) is 0 Å². The van der Waals surface area contributed by atoms with Gasteiger partial charge in [-0.25, -0.2) is 4.98 Å². The van der Waals surface area contributed by atoms with Gasteiger partial charge in [0.05, 0.1) is 22.3 Å². The number of hydrogen-bond donors (Lipinski definition) is 1. The summed E-state index contributed by atoms with van der Waals surface area (Å²) in [6.45, 7) is -3.80. The second-order valence-corrected chi connectivity index (χ2v) is 4.32. The number of fused-ring (bicyclic) bond motifs is 1. The average molecular weight is 288 g/mol. The first-order valence-electron chi connectivity index (χ1n) is 7.71. The Labute approximate surface area is 119 Å². The fourth-order valence-corrected chi connectivity index (χ4v) is 1.96. The van der Waals surface area contributed by atoms with Crippen molar-refractivity contribution in [1.29, 1.82) is 0 Å². The number of nitrogens with one attached hydrogen (secondary N) is 1. The molecule has 1 fully saturated rings. The first-order valence-corrected chi connectivity index (χ1v) is 6.09. The molecule has 1 aliphatic heterocycles. The molecule has 0 saturated carbocycles. The standard InChI is InChI=1S/C11H14ClN5O2/c12-11-14-9-8(10(18)15-11)17(7-13-9)2-1-16-3-5-19-6-4-16/h7H,1-6H2,(H,14,15,18)/i1D2,2D2. The number of morpholine rings is 1. The number of aryl methyl sites for hydroxylation is 1. The number of halogens is 1. The second-order valence-electron chi connectivity index (χ2n) is 3.97. The van der Waals surface area contributed by atoms with Crippen molar-refractivity contribution in [1.82, 2.24) is 24.4 Å². The summed E-state index contributed by atoms with van der Waals surface area (Å²) >= 11 is 5.65. The number of H-pyrrole nitrogens is 1. The van der Waals surface area contributed by atoms with E-state index in [2.05, 4.69) is 15.0 Å². The van der Waals surface area contributed by atoms with Crippen molar-refractivity contribution in [3.8, 4) is 0 Å². The number of imidazole rings is 1. The minimum absolute atomic E-state index is 0.0413. The van der Waals surface area contributed by atoms with Gasteiger partial charge >= 0.3 is 0 Å². The Kier molecular flexibility index (Phi) is 2.41. The van der Waals surface area contributed by atoms with Crippen LogP contribution in [0.2, 0.25) is 5.28 Å². The van der Waals surface area contributed by atoms with Gasteiger partial charge in [-0.05, 0) is 11.6 Å². The quantitative estimate of drug-likeness (QED) is 0.811. The lowest BCUT2D eigenvalue weighted by Crippen LogP contribution is -2.38. The van der Waals surface area contributed by atoms with E-state index in [0.29, 0.717) is 13.2 Å². The first-order chi connectivity index (χ1) is 10.7. The summed E-state index contributed by atoms with van der Waals surface area (Å²) in [6, 6.07) is 0. The van der Waals surface area contributed by atoms with Crippen molar-refractivity contribution in [2.45, 2.75) is 6.50 Å². The van der Waals surface area contributed by atoms with E-state index in [4.69, 9.17) is 21.8 Å². The Hall–Kier alpha value is -1.44. The molecule has 0 spiro atoms. The summed E-state index contributed by atoms with van der Waals surface area (Å²) in [4.78, 5) is 23.4. The van der Waals surface area contributed by atoms with Crippen LogP contribution >= 0.6 is 11.6 Å². The lowest BCUT2D eigenvalue weighted by Gasteiger charge is -2.26. The smallest absolute Gasteiger partial charge is 0.278 e. The minimum atomic E-state index is -2.55. The largest absolute Gasteiger partial charge is 0.379 e. The number of aromatic nitrogens is 4. The van der Waals surface area contributed by atoms with Crippen LogP contribution in [0.4, 0.5) is 0 Å². The van der Waals surface area contributed by atoms with Crippen LogP contribution in [-0.2, 0) is 11.2 Å². The highest BCUT2D eigenvalue weighted by Gasteiger charge is 2.13.